The van der Waals surface area contributed by atoms with Gasteiger partial charge in [-0.3, -0.25) is 0 Å². The molecule has 0 aromatic heterocycles. The Hall–Kier alpha value is -0.510. The standard InChI is InChI=1S/C16H27NOS/c1-12(2)9-17-10-15(18)11-19-16-7-5-14(6-8-16)13(3)4/h5-8,12-13,15,17-18H,9-11H2,1-4H3. The number of thioether (sulfide) groups is 1. The third kappa shape index (κ3) is 7.00. The van der Waals surface area contributed by atoms with Crippen LogP contribution in [-0.4, -0.2) is 30.1 Å². The van der Waals surface area contributed by atoms with Gasteiger partial charge in [0, 0.05) is 17.2 Å². The van der Waals surface area contributed by atoms with Crippen LogP contribution in [0.1, 0.15) is 39.2 Å². The molecule has 0 aliphatic rings. The topological polar surface area (TPSA) is 32.3 Å². The quantitative estimate of drug-likeness (QED) is 0.715. The Morgan fingerprint density at radius 1 is 1.05 bits per heavy atom. The first-order valence-corrected chi connectivity index (χ1v) is 8.09. The van der Waals surface area contributed by atoms with E-state index >= 15 is 0 Å². The molecule has 2 N–H and O–H groups in total. The van der Waals surface area contributed by atoms with Crippen molar-refractivity contribution in [3.05, 3.63) is 29.8 Å². The van der Waals surface area contributed by atoms with Gasteiger partial charge in [-0.1, -0.05) is 39.8 Å². The summed E-state index contributed by atoms with van der Waals surface area (Å²) in [6, 6.07) is 8.65. The molecule has 19 heavy (non-hydrogen) atoms. The molecule has 1 aromatic carbocycles. The molecular weight excluding hydrogens is 254 g/mol. The van der Waals surface area contributed by atoms with E-state index in [1.165, 1.54) is 10.5 Å². The van der Waals surface area contributed by atoms with Crippen LogP contribution in [0.2, 0.25) is 0 Å². The Morgan fingerprint density at radius 2 is 1.68 bits per heavy atom. The fraction of sp³-hybridized carbons (Fsp3) is 0.625. The number of rotatable bonds is 8. The first-order valence-electron chi connectivity index (χ1n) is 7.10. The average Bonchev–Trinajstić information content (AvgIpc) is 2.36. The van der Waals surface area contributed by atoms with Crippen LogP contribution in [-0.2, 0) is 0 Å². The van der Waals surface area contributed by atoms with Crippen molar-refractivity contribution in [3.63, 3.8) is 0 Å². The second kappa shape index (κ2) is 8.62. The SMILES string of the molecule is CC(C)CNCC(O)CSc1ccc(C(C)C)cc1. The van der Waals surface area contributed by atoms with Crippen molar-refractivity contribution in [2.75, 3.05) is 18.8 Å². The van der Waals surface area contributed by atoms with E-state index in [0.29, 0.717) is 18.4 Å². The molecule has 0 saturated carbocycles. The molecule has 0 heterocycles. The first-order chi connectivity index (χ1) is 8.99. The number of hydrogen-bond acceptors (Lipinski definition) is 3. The van der Waals surface area contributed by atoms with E-state index in [1.807, 2.05) is 0 Å². The Morgan fingerprint density at radius 3 is 2.21 bits per heavy atom. The second-order valence-corrected chi connectivity index (χ2v) is 6.83. The maximum atomic E-state index is 9.88. The van der Waals surface area contributed by atoms with E-state index in [4.69, 9.17) is 0 Å². The zero-order valence-corrected chi connectivity index (χ0v) is 13.3. The molecule has 0 spiro atoms. The van der Waals surface area contributed by atoms with Crippen LogP contribution in [0.15, 0.2) is 29.2 Å². The van der Waals surface area contributed by atoms with Crippen molar-refractivity contribution in [2.45, 2.75) is 44.6 Å². The fourth-order valence-corrected chi connectivity index (χ4v) is 2.57. The van der Waals surface area contributed by atoms with Crippen molar-refractivity contribution >= 4 is 11.8 Å². The van der Waals surface area contributed by atoms with Gasteiger partial charge in [0.25, 0.3) is 0 Å². The summed E-state index contributed by atoms with van der Waals surface area (Å²) in [7, 11) is 0. The molecule has 0 fully saturated rings. The summed E-state index contributed by atoms with van der Waals surface area (Å²) >= 11 is 1.72. The van der Waals surface area contributed by atoms with Gasteiger partial charge in [-0.25, -0.2) is 0 Å². The fourth-order valence-electron chi connectivity index (χ4n) is 1.74. The van der Waals surface area contributed by atoms with Gasteiger partial charge in [-0.15, -0.1) is 11.8 Å². The normalized spacial score (nSPS) is 13.2. The summed E-state index contributed by atoms with van der Waals surface area (Å²) in [4.78, 5) is 1.23. The smallest absolute Gasteiger partial charge is 0.0758 e. The van der Waals surface area contributed by atoms with Gasteiger partial charge in [0.05, 0.1) is 6.10 Å². The molecule has 0 bridgehead atoms. The summed E-state index contributed by atoms with van der Waals surface area (Å²) in [6.45, 7) is 10.4. The van der Waals surface area contributed by atoms with Gasteiger partial charge >= 0.3 is 0 Å². The van der Waals surface area contributed by atoms with Gasteiger partial charge < -0.3 is 10.4 Å². The Bertz CT molecular complexity index is 348. The van der Waals surface area contributed by atoms with E-state index in [9.17, 15) is 5.11 Å². The van der Waals surface area contributed by atoms with E-state index in [1.54, 1.807) is 11.8 Å². The van der Waals surface area contributed by atoms with Gasteiger partial charge in [-0.05, 0) is 36.1 Å². The largest absolute Gasteiger partial charge is 0.391 e. The predicted molar refractivity (Wildman–Crippen MR) is 85.0 cm³/mol. The van der Waals surface area contributed by atoms with Gasteiger partial charge in [0.15, 0.2) is 0 Å². The lowest BCUT2D eigenvalue weighted by Crippen LogP contribution is -2.30. The minimum absolute atomic E-state index is 0.284. The van der Waals surface area contributed by atoms with E-state index < -0.39 is 0 Å². The lowest BCUT2D eigenvalue weighted by atomic mass is 10.0. The summed E-state index contributed by atoms with van der Waals surface area (Å²) < 4.78 is 0. The molecule has 3 heteroatoms. The zero-order valence-electron chi connectivity index (χ0n) is 12.5. The summed E-state index contributed by atoms with van der Waals surface area (Å²) in [5.74, 6) is 1.94. The van der Waals surface area contributed by atoms with Crippen LogP contribution in [0.3, 0.4) is 0 Å². The molecule has 0 aliphatic carbocycles. The molecule has 108 valence electrons. The van der Waals surface area contributed by atoms with E-state index in [-0.39, 0.29) is 6.10 Å². The third-order valence-corrected chi connectivity index (χ3v) is 4.08. The highest BCUT2D eigenvalue weighted by Crippen LogP contribution is 2.22. The van der Waals surface area contributed by atoms with E-state index in [2.05, 4.69) is 57.3 Å². The molecular formula is C16H27NOS. The molecule has 0 aliphatic heterocycles. The summed E-state index contributed by atoms with van der Waals surface area (Å²) in [6.07, 6.45) is -0.284. The summed E-state index contributed by atoms with van der Waals surface area (Å²) in [5, 5.41) is 13.2. The Balaban J connectivity index is 2.27. The Labute approximate surface area is 122 Å². The number of aliphatic hydroxyl groups excluding tert-OH is 1. The average molecular weight is 281 g/mol. The molecule has 1 aromatic rings. The van der Waals surface area contributed by atoms with Crippen molar-refractivity contribution < 1.29 is 5.11 Å². The molecule has 0 amide bonds. The maximum absolute atomic E-state index is 9.88. The van der Waals surface area contributed by atoms with Gasteiger partial charge in [-0.2, -0.15) is 0 Å². The van der Waals surface area contributed by atoms with Gasteiger partial charge in [0.1, 0.15) is 0 Å². The highest BCUT2D eigenvalue weighted by atomic mass is 32.2. The van der Waals surface area contributed by atoms with Gasteiger partial charge in [0.2, 0.25) is 0 Å². The lowest BCUT2D eigenvalue weighted by molar-refractivity contribution is 0.194. The molecule has 1 unspecified atom stereocenters. The van der Waals surface area contributed by atoms with Crippen molar-refractivity contribution in [2.24, 2.45) is 5.92 Å². The Kier molecular flexibility index (Phi) is 7.51. The molecule has 0 radical (unpaired) electrons. The molecule has 2 nitrogen and oxygen atoms in total. The highest BCUT2D eigenvalue weighted by Gasteiger charge is 2.06. The van der Waals surface area contributed by atoms with Crippen LogP contribution in [0.25, 0.3) is 0 Å². The van der Waals surface area contributed by atoms with Crippen LogP contribution in [0.4, 0.5) is 0 Å². The molecule has 0 saturated heterocycles. The minimum Gasteiger partial charge on any atom is -0.391 e. The highest BCUT2D eigenvalue weighted by molar-refractivity contribution is 7.99. The van der Waals surface area contributed by atoms with Crippen molar-refractivity contribution in [1.29, 1.82) is 0 Å². The van der Waals surface area contributed by atoms with E-state index in [0.717, 1.165) is 12.3 Å². The van der Waals surface area contributed by atoms with Crippen LogP contribution < -0.4 is 5.32 Å². The number of nitrogens with one attached hydrogen (secondary N) is 1. The molecule has 1 atom stereocenters. The number of benzene rings is 1. The second-order valence-electron chi connectivity index (χ2n) is 5.74. The van der Waals surface area contributed by atoms with Crippen molar-refractivity contribution in [1.82, 2.24) is 5.32 Å². The predicted octanol–water partition coefficient (Wildman–Crippen LogP) is 3.51. The zero-order chi connectivity index (χ0) is 14.3. The monoisotopic (exact) mass is 281 g/mol. The number of aliphatic hydroxyl groups is 1. The minimum atomic E-state index is -0.284. The lowest BCUT2D eigenvalue weighted by Gasteiger charge is -2.13. The van der Waals surface area contributed by atoms with Crippen LogP contribution in [0, 0.1) is 5.92 Å². The third-order valence-electron chi connectivity index (χ3n) is 2.92. The van der Waals surface area contributed by atoms with Crippen LogP contribution in [0.5, 0.6) is 0 Å². The number of hydrogen-bond donors (Lipinski definition) is 2. The maximum Gasteiger partial charge on any atom is 0.0758 e. The summed E-state index contributed by atoms with van der Waals surface area (Å²) in [5.41, 5.74) is 1.36. The molecule has 1 rings (SSSR count). The van der Waals surface area contributed by atoms with Crippen molar-refractivity contribution in [3.8, 4) is 0 Å². The van der Waals surface area contributed by atoms with Crippen LogP contribution >= 0.6 is 11.8 Å². The first kappa shape index (κ1) is 16.5.